The van der Waals surface area contributed by atoms with Crippen molar-refractivity contribution in [1.29, 1.82) is 0 Å². The van der Waals surface area contributed by atoms with Gasteiger partial charge < -0.3 is 10.6 Å². The summed E-state index contributed by atoms with van der Waals surface area (Å²) in [4.78, 5) is 0. The maximum Gasteiger partial charge on any atom is 0.160 e. The molecule has 2 aromatic heterocycles. The lowest BCUT2D eigenvalue weighted by Crippen LogP contribution is -2.34. The minimum atomic E-state index is 0.653. The number of rotatable bonds is 5. The Morgan fingerprint density at radius 3 is 3.28 bits per heavy atom. The van der Waals surface area contributed by atoms with E-state index in [1.807, 2.05) is 24.4 Å². The van der Waals surface area contributed by atoms with E-state index in [9.17, 15) is 0 Å². The number of hydrogen-bond donors (Lipinski definition) is 2. The molecule has 2 N–H and O–H groups in total. The molecular weight excluding hydrogens is 226 g/mol. The highest BCUT2D eigenvalue weighted by molar-refractivity contribution is 5.36. The van der Waals surface area contributed by atoms with Gasteiger partial charge in [-0.25, -0.2) is 0 Å². The summed E-state index contributed by atoms with van der Waals surface area (Å²) in [6, 6.07) is 6.63. The molecule has 1 saturated heterocycles. The number of pyridine rings is 1. The van der Waals surface area contributed by atoms with E-state index in [4.69, 9.17) is 0 Å². The van der Waals surface area contributed by atoms with Crippen molar-refractivity contribution in [3.8, 4) is 0 Å². The van der Waals surface area contributed by atoms with E-state index >= 15 is 0 Å². The minimum Gasteiger partial charge on any atom is -0.315 e. The van der Waals surface area contributed by atoms with Crippen LogP contribution in [0, 0.1) is 0 Å². The molecule has 2 aromatic rings. The fourth-order valence-electron chi connectivity index (χ4n) is 2.47. The first-order valence-electron chi connectivity index (χ1n) is 6.66. The van der Waals surface area contributed by atoms with Gasteiger partial charge in [0.25, 0.3) is 0 Å². The van der Waals surface area contributed by atoms with Crippen molar-refractivity contribution in [2.45, 2.75) is 25.3 Å². The van der Waals surface area contributed by atoms with Crippen LogP contribution in [0.2, 0.25) is 0 Å². The molecule has 3 rings (SSSR count). The van der Waals surface area contributed by atoms with Crippen LogP contribution in [0.15, 0.2) is 24.4 Å². The Hall–Kier alpha value is -1.46. The van der Waals surface area contributed by atoms with Crippen LogP contribution in [0.3, 0.4) is 0 Å². The zero-order valence-corrected chi connectivity index (χ0v) is 10.5. The van der Waals surface area contributed by atoms with Gasteiger partial charge in [0.15, 0.2) is 5.65 Å². The molecule has 1 unspecified atom stereocenters. The fourth-order valence-corrected chi connectivity index (χ4v) is 2.47. The topological polar surface area (TPSA) is 54.2 Å². The molecule has 0 aromatic carbocycles. The van der Waals surface area contributed by atoms with E-state index in [1.165, 1.54) is 19.4 Å². The van der Waals surface area contributed by atoms with Crippen molar-refractivity contribution in [3.05, 3.63) is 30.2 Å². The Labute approximate surface area is 107 Å². The van der Waals surface area contributed by atoms with Gasteiger partial charge in [-0.3, -0.25) is 4.40 Å². The molecule has 1 aliphatic heterocycles. The number of nitrogens with one attached hydrogen (secondary N) is 2. The average Bonchev–Trinajstić information content (AvgIpc) is 3.04. The third-order valence-electron chi connectivity index (χ3n) is 3.46. The summed E-state index contributed by atoms with van der Waals surface area (Å²) < 4.78 is 2.05. The Kier molecular flexibility index (Phi) is 3.52. The standard InChI is InChI=1S/C13H19N5/c1-2-9-18-12(5-1)16-17-13(18)6-8-14-10-11-4-3-7-15-11/h1-2,5,9,11,14-15H,3-4,6-8,10H2. The van der Waals surface area contributed by atoms with Crippen LogP contribution >= 0.6 is 0 Å². The average molecular weight is 245 g/mol. The van der Waals surface area contributed by atoms with E-state index in [2.05, 4.69) is 25.2 Å². The van der Waals surface area contributed by atoms with Gasteiger partial charge in [-0.2, -0.15) is 0 Å². The minimum absolute atomic E-state index is 0.653. The van der Waals surface area contributed by atoms with Crippen LogP contribution in [0.1, 0.15) is 18.7 Å². The fraction of sp³-hybridized carbons (Fsp3) is 0.538. The second-order valence-corrected chi connectivity index (χ2v) is 4.79. The summed E-state index contributed by atoms with van der Waals surface area (Å²) in [5.41, 5.74) is 0.921. The Balaban J connectivity index is 1.50. The van der Waals surface area contributed by atoms with Crippen LogP contribution in [0.4, 0.5) is 0 Å². The molecule has 0 bridgehead atoms. The molecule has 1 aliphatic rings. The molecule has 0 aliphatic carbocycles. The van der Waals surface area contributed by atoms with Crippen molar-refractivity contribution in [3.63, 3.8) is 0 Å². The smallest absolute Gasteiger partial charge is 0.160 e. The largest absolute Gasteiger partial charge is 0.315 e. The van der Waals surface area contributed by atoms with Crippen LogP contribution in [-0.4, -0.2) is 40.3 Å². The van der Waals surface area contributed by atoms with E-state index in [-0.39, 0.29) is 0 Å². The molecule has 5 nitrogen and oxygen atoms in total. The van der Waals surface area contributed by atoms with Gasteiger partial charge in [0.2, 0.25) is 0 Å². The first kappa shape index (κ1) is 11.6. The summed E-state index contributed by atoms with van der Waals surface area (Å²) in [5.74, 6) is 1.03. The zero-order chi connectivity index (χ0) is 12.2. The van der Waals surface area contributed by atoms with E-state index in [1.54, 1.807) is 0 Å². The maximum atomic E-state index is 4.22. The molecule has 5 heteroatoms. The van der Waals surface area contributed by atoms with Crippen molar-refractivity contribution in [2.24, 2.45) is 0 Å². The van der Waals surface area contributed by atoms with Crippen LogP contribution in [0.25, 0.3) is 5.65 Å². The van der Waals surface area contributed by atoms with E-state index in [0.717, 1.165) is 31.0 Å². The lowest BCUT2D eigenvalue weighted by molar-refractivity contribution is 0.534. The summed E-state index contributed by atoms with van der Waals surface area (Å²) >= 11 is 0. The van der Waals surface area contributed by atoms with Gasteiger partial charge in [-0.1, -0.05) is 6.07 Å². The maximum absolute atomic E-state index is 4.22. The summed E-state index contributed by atoms with van der Waals surface area (Å²) in [7, 11) is 0. The van der Waals surface area contributed by atoms with Crippen LogP contribution < -0.4 is 10.6 Å². The third-order valence-corrected chi connectivity index (χ3v) is 3.46. The quantitative estimate of drug-likeness (QED) is 0.758. The highest BCUT2D eigenvalue weighted by atomic mass is 15.2. The van der Waals surface area contributed by atoms with Crippen molar-refractivity contribution >= 4 is 5.65 Å². The number of fused-ring (bicyclic) bond motifs is 1. The van der Waals surface area contributed by atoms with Gasteiger partial charge in [-0.15, -0.1) is 10.2 Å². The molecule has 0 radical (unpaired) electrons. The second kappa shape index (κ2) is 5.46. The van der Waals surface area contributed by atoms with Gasteiger partial charge >= 0.3 is 0 Å². The first-order valence-corrected chi connectivity index (χ1v) is 6.66. The van der Waals surface area contributed by atoms with E-state index in [0.29, 0.717) is 6.04 Å². The van der Waals surface area contributed by atoms with Crippen molar-refractivity contribution in [1.82, 2.24) is 25.2 Å². The van der Waals surface area contributed by atoms with Crippen molar-refractivity contribution < 1.29 is 0 Å². The first-order chi connectivity index (χ1) is 8.93. The molecule has 0 spiro atoms. The van der Waals surface area contributed by atoms with Crippen molar-refractivity contribution in [2.75, 3.05) is 19.6 Å². The number of hydrogen-bond acceptors (Lipinski definition) is 4. The predicted molar refractivity (Wildman–Crippen MR) is 70.6 cm³/mol. The molecule has 1 fully saturated rings. The number of nitrogens with zero attached hydrogens (tertiary/aromatic N) is 3. The summed E-state index contributed by atoms with van der Waals surface area (Å²) in [6.07, 6.45) is 5.53. The molecule has 0 saturated carbocycles. The zero-order valence-electron chi connectivity index (χ0n) is 10.5. The Morgan fingerprint density at radius 1 is 1.39 bits per heavy atom. The van der Waals surface area contributed by atoms with Crippen LogP contribution in [-0.2, 0) is 6.42 Å². The molecule has 96 valence electrons. The highest BCUT2D eigenvalue weighted by Crippen LogP contribution is 2.04. The molecule has 3 heterocycles. The van der Waals surface area contributed by atoms with Crippen LogP contribution in [0.5, 0.6) is 0 Å². The predicted octanol–water partition coefficient (Wildman–Crippen LogP) is 0.613. The summed E-state index contributed by atoms with van der Waals surface area (Å²) in [6.45, 7) is 3.17. The SMILES string of the molecule is c1ccn2c(CCNCC3CCCN3)nnc2c1. The molecular formula is C13H19N5. The Morgan fingerprint density at radius 2 is 2.39 bits per heavy atom. The molecule has 18 heavy (non-hydrogen) atoms. The lowest BCUT2D eigenvalue weighted by Gasteiger charge is -2.10. The normalized spacial score (nSPS) is 19.7. The van der Waals surface area contributed by atoms with Gasteiger partial charge in [0, 0.05) is 31.7 Å². The Bertz CT molecular complexity index is 501. The monoisotopic (exact) mass is 245 g/mol. The van der Waals surface area contributed by atoms with Gasteiger partial charge in [-0.05, 0) is 31.5 Å². The number of aromatic nitrogens is 3. The molecule has 0 amide bonds. The third kappa shape index (κ3) is 2.52. The van der Waals surface area contributed by atoms with Gasteiger partial charge in [0.1, 0.15) is 5.82 Å². The van der Waals surface area contributed by atoms with Gasteiger partial charge in [0.05, 0.1) is 0 Å². The van der Waals surface area contributed by atoms with E-state index < -0.39 is 0 Å². The summed E-state index contributed by atoms with van der Waals surface area (Å²) in [5, 5.41) is 15.3. The molecule has 1 atom stereocenters. The highest BCUT2D eigenvalue weighted by Gasteiger charge is 2.12. The second-order valence-electron chi connectivity index (χ2n) is 4.79. The lowest BCUT2D eigenvalue weighted by atomic mass is 10.2.